The second-order valence-corrected chi connectivity index (χ2v) is 5.87. The Morgan fingerprint density at radius 3 is 2.19 bits per heavy atom. The number of esters is 1. The summed E-state index contributed by atoms with van der Waals surface area (Å²) in [6, 6.07) is 11.2. The van der Waals surface area contributed by atoms with Crippen molar-refractivity contribution in [3.8, 4) is 0 Å². The van der Waals surface area contributed by atoms with Crippen LogP contribution in [0.4, 0.5) is 0 Å². The molecule has 21 heavy (non-hydrogen) atoms. The van der Waals surface area contributed by atoms with Gasteiger partial charge in [-0.1, -0.05) is 39.1 Å². The lowest BCUT2D eigenvalue weighted by molar-refractivity contribution is 0.0475. The molecule has 0 atom stereocenters. The summed E-state index contributed by atoms with van der Waals surface area (Å²) in [6.45, 7) is -0.354. The fraction of sp³-hybridized carbons (Fsp3) is 0.0667. The number of rotatable bonds is 4. The highest BCUT2D eigenvalue weighted by molar-refractivity contribution is 9.10. The molecule has 0 unspecified atom stereocenters. The summed E-state index contributed by atoms with van der Waals surface area (Å²) in [6.07, 6.45) is 0. The van der Waals surface area contributed by atoms with E-state index < -0.39 is 5.97 Å². The quantitative estimate of drug-likeness (QED) is 0.559. The minimum atomic E-state index is -0.559. The molecule has 0 N–H and O–H groups in total. The number of benzene rings is 2. The number of hydrogen-bond acceptors (Lipinski definition) is 3. The first kappa shape index (κ1) is 16.0. The van der Waals surface area contributed by atoms with Gasteiger partial charge in [0.25, 0.3) is 0 Å². The van der Waals surface area contributed by atoms with Crippen LogP contribution in [0.15, 0.2) is 46.9 Å². The zero-order chi connectivity index (χ0) is 15.4. The Morgan fingerprint density at radius 2 is 1.57 bits per heavy atom. The van der Waals surface area contributed by atoms with Crippen molar-refractivity contribution in [2.24, 2.45) is 0 Å². The van der Waals surface area contributed by atoms with Gasteiger partial charge in [0.15, 0.2) is 12.4 Å². The topological polar surface area (TPSA) is 43.4 Å². The standard InChI is InChI=1S/C15H9BrCl2O3/c16-11-4-1-9(2-5-11)15(20)21-8-14(19)10-3-6-12(17)13(18)7-10/h1-7H,8H2. The predicted octanol–water partition coefficient (Wildman–Crippen LogP) is 4.80. The monoisotopic (exact) mass is 386 g/mol. The summed E-state index contributed by atoms with van der Waals surface area (Å²) in [7, 11) is 0. The molecule has 0 aliphatic rings. The molecule has 2 aromatic carbocycles. The van der Waals surface area contributed by atoms with Gasteiger partial charge in [-0.2, -0.15) is 0 Å². The molecule has 0 aromatic heterocycles. The highest BCUT2D eigenvalue weighted by Gasteiger charge is 2.12. The molecule has 0 aliphatic heterocycles. The SMILES string of the molecule is O=C(COC(=O)c1ccc(Br)cc1)c1ccc(Cl)c(Cl)c1. The minimum absolute atomic E-state index is 0.279. The van der Waals surface area contributed by atoms with E-state index in [-0.39, 0.29) is 17.4 Å². The van der Waals surface area contributed by atoms with E-state index in [1.54, 1.807) is 24.3 Å². The van der Waals surface area contributed by atoms with Crippen molar-refractivity contribution in [1.82, 2.24) is 0 Å². The van der Waals surface area contributed by atoms with Gasteiger partial charge >= 0.3 is 5.97 Å². The van der Waals surface area contributed by atoms with Crippen LogP contribution in [-0.2, 0) is 4.74 Å². The van der Waals surface area contributed by atoms with Crippen molar-refractivity contribution >= 4 is 50.9 Å². The zero-order valence-corrected chi connectivity index (χ0v) is 13.7. The molecule has 0 spiro atoms. The van der Waals surface area contributed by atoms with Crippen LogP contribution >= 0.6 is 39.1 Å². The first-order valence-corrected chi connectivity index (χ1v) is 7.43. The summed E-state index contributed by atoms with van der Waals surface area (Å²) in [4.78, 5) is 23.7. The number of ether oxygens (including phenoxy) is 1. The van der Waals surface area contributed by atoms with E-state index in [9.17, 15) is 9.59 Å². The second kappa shape index (κ2) is 7.07. The molecule has 0 bridgehead atoms. The van der Waals surface area contributed by atoms with E-state index in [1.807, 2.05) is 0 Å². The number of ketones is 1. The van der Waals surface area contributed by atoms with Crippen LogP contribution in [0.3, 0.4) is 0 Å². The van der Waals surface area contributed by atoms with Crippen LogP contribution in [0.2, 0.25) is 10.0 Å². The van der Waals surface area contributed by atoms with Crippen LogP contribution in [0.1, 0.15) is 20.7 Å². The van der Waals surface area contributed by atoms with Gasteiger partial charge in [0.2, 0.25) is 0 Å². The molecule has 0 fully saturated rings. The van der Waals surface area contributed by atoms with Crippen molar-refractivity contribution in [2.45, 2.75) is 0 Å². The van der Waals surface area contributed by atoms with Crippen LogP contribution in [0.25, 0.3) is 0 Å². The second-order valence-electron chi connectivity index (χ2n) is 4.14. The molecule has 0 saturated heterocycles. The lowest BCUT2D eigenvalue weighted by Gasteiger charge is -2.05. The van der Waals surface area contributed by atoms with Gasteiger partial charge < -0.3 is 4.74 Å². The normalized spacial score (nSPS) is 10.2. The van der Waals surface area contributed by atoms with E-state index in [4.69, 9.17) is 27.9 Å². The molecule has 2 rings (SSSR count). The third-order valence-corrected chi connectivity index (χ3v) is 3.92. The highest BCUT2D eigenvalue weighted by atomic mass is 79.9. The van der Waals surface area contributed by atoms with E-state index in [0.29, 0.717) is 16.1 Å². The average molecular weight is 388 g/mol. The number of hydrogen-bond donors (Lipinski definition) is 0. The van der Waals surface area contributed by atoms with E-state index in [2.05, 4.69) is 15.9 Å². The molecular weight excluding hydrogens is 379 g/mol. The van der Waals surface area contributed by atoms with Crippen molar-refractivity contribution < 1.29 is 14.3 Å². The summed E-state index contributed by atoms with van der Waals surface area (Å²) in [5, 5.41) is 0.641. The van der Waals surface area contributed by atoms with Gasteiger partial charge in [0.1, 0.15) is 0 Å². The van der Waals surface area contributed by atoms with Crippen molar-refractivity contribution in [1.29, 1.82) is 0 Å². The molecule has 0 aliphatic carbocycles. The summed E-state index contributed by atoms with van der Waals surface area (Å²) in [5.74, 6) is -0.907. The van der Waals surface area contributed by atoms with Crippen LogP contribution in [0, 0.1) is 0 Å². The lowest BCUT2D eigenvalue weighted by Crippen LogP contribution is -2.14. The van der Waals surface area contributed by atoms with E-state index in [1.165, 1.54) is 18.2 Å². The molecule has 108 valence electrons. The summed E-state index contributed by atoms with van der Waals surface area (Å²) >= 11 is 14.9. The fourth-order valence-corrected chi connectivity index (χ4v) is 2.12. The Balaban J connectivity index is 1.98. The zero-order valence-electron chi connectivity index (χ0n) is 10.6. The first-order valence-electron chi connectivity index (χ1n) is 5.88. The predicted molar refractivity (Wildman–Crippen MR) is 85.2 cm³/mol. The maximum atomic E-state index is 11.9. The molecular formula is C15H9BrCl2O3. The van der Waals surface area contributed by atoms with E-state index in [0.717, 1.165) is 4.47 Å². The Bertz CT molecular complexity index is 684. The van der Waals surface area contributed by atoms with Gasteiger partial charge in [0, 0.05) is 10.0 Å². The molecule has 0 saturated carbocycles. The van der Waals surface area contributed by atoms with Gasteiger partial charge in [0.05, 0.1) is 15.6 Å². The molecule has 3 nitrogen and oxygen atoms in total. The highest BCUT2D eigenvalue weighted by Crippen LogP contribution is 2.22. The third-order valence-electron chi connectivity index (χ3n) is 2.66. The van der Waals surface area contributed by atoms with Crippen LogP contribution in [-0.4, -0.2) is 18.4 Å². The molecule has 6 heteroatoms. The van der Waals surface area contributed by atoms with Gasteiger partial charge in [-0.05, 0) is 42.5 Å². The van der Waals surface area contributed by atoms with E-state index >= 15 is 0 Å². The summed E-state index contributed by atoms with van der Waals surface area (Å²) in [5.41, 5.74) is 0.716. The average Bonchev–Trinajstić information content (AvgIpc) is 2.48. The minimum Gasteiger partial charge on any atom is -0.454 e. The van der Waals surface area contributed by atoms with Gasteiger partial charge in [-0.25, -0.2) is 4.79 Å². The first-order chi connectivity index (χ1) is 9.97. The number of Topliss-reactive ketones (excluding diaryl/α,β-unsaturated/α-hetero) is 1. The molecule has 2 aromatic rings. The number of carbonyl (C=O) groups is 2. The lowest BCUT2D eigenvalue weighted by atomic mass is 10.1. The number of carbonyl (C=O) groups excluding carboxylic acids is 2. The Morgan fingerprint density at radius 1 is 0.952 bits per heavy atom. The fourth-order valence-electron chi connectivity index (χ4n) is 1.55. The van der Waals surface area contributed by atoms with Crippen molar-refractivity contribution in [2.75, 3.05) is 6.61 Å². The largest absolute Gasteiger partial charge is 0.454 e. The van der Waals surface area contributed by atoms with Crippen molar-refractivity contribution in [3.05, 3.63) is 68.1 Å². The van der Waals surface area contributed by atoms with Crippen LogP contribution < -0.4 is 0 Å². The number of halogens is 3. The van der Waals surface area contributed by atoms with Gasteiger partial charge in [-0.15, -0.1) is 0 Å². The molecule has 0 heterocycles. The maximum absolute atomic E-state index is 11.9. The summed E-state index contributed by atoms with van der Waals surface area (Å²) < 4.78 is 5.83. The smallest absolute Gasteiger partial charge is 0.338 e. The maximum Gasteiger partial charge on any atom is 0.338 e. The third kappa shape index (κ3) is 4.30. The molecule has 0 amide bonds. The van der Waals surface area contributed by atoms with Gasteiger partial charge in [-0.3, -0.25) is 4.79 Å². The Kier molecular flexibility index (Phi) is 5.39. The Hall–Kier alpha value is -1.36. The van der Waals surface area contributed by atoms with Crippen LogP contribution in [0.5, 0.6) is 0 Å². The Labute approximate surface area is 139 Å². The molecule has 0 radical (unpaired) electrons. The van der Waals surface area contributed by atoms with Crippen molar-refractivity contribution in [3.63, 3.8) is 0 Å².